The lowest BCUT2D eigenvalue weighted by Gasteiger charge is -2.06. The van der Waals surface area contributed by atoms with Crippen LogP contribution in [0, 0.1) is 0 Å². The highest BCUT2D eigenvalue weighted by Crippen LogP contribution is 2.05. The molecule has 0 saturated carbocycles. The molecule has 0 unspecified atom stereocenters. The first-order valence-electron chi connectivity index (χ1n) is 5.06. The molecule has 0 radical (unpaired) electrons. The standard InChI is InChI=1S/C11H16N2O3/c12-10-3-1-2-9(8-10)11(15)13-4-6-16-7-5-14/h1-3,8,14H,4-7,12H2,(H,13,15). The summed E-state index contributed by atoms with van der Waals surface area (Å²) >= 11 is 0. The fourth-order valence-corrected chi connectivity index (χ4v) is 1.19. The summed E-state index contributed by atoms with van der Waals surface area (Å²) in [5.74, 6) is -0.181. The van der Waals surface area contributed by atoms with Crippen molar-refractivity contribution in [3.63, 3.8) is 0 Å². The molecule has 0 heterocycles. The fourth-order valence-electron chi connectivity index (χ4n) is 1.19. The lowest BCUT2D eigenvalue weighted by Crippen LogP contribution is -2.27. The third-order valence-electron chi connectivity index (χ3n) is 1.92. The second-order valence-electron chi connectivity index (χ2n) is 3.22. The topological polar surface area (TPSA) is 84.6 Å². The van der Waals surface area contributed by atoms with Crippen LogP contribution in [0.15, 0.2) is 24.3 Å². The Hall–Kier alpha value is -1.59. The summed E-state index contributed by atoms with van der Waals surface area (Å²) in [7, 11) is 0. The minimum Gasteiger partial charge on any atom is -0.399 e. The zero-order valence-electron chi connectivity index (χ0n) is 8.98. The third-order valence-corrected chi connectivity index (χ3v) is 1.92. The Morgan fingerprint density at radius 3 is 2.94 bits per heavy atom. The van der Waals surface area contributed by atoms with Gasteiger partial charge in [-0.25, -0.2) is 0 Å². The maximum absolute atomic E-state index is 11.6. The Balaban J connectivity index is 2.30. The molecule has 5 heteroatoms. The van der Waals surface area contributed by atoms with E-state index in [0.717, 1.165) is 0 Å². The monoisotopic (exact) mass is 224 g/mol. The van der Waals surface area contributed by atoms with Crippen molar-refractivity contribution in [3.8, 4) is 0 Å². The molecule has 0 aliphatic carbocycles. The number of benzene rings is 1. The molecule has 0 aliphatic rings. The summed E-state index contributed by atoms with van der Waals surface area (Å²) in [6, 6.07) is 6.76. The highest BCUT2D eigenvalue weighted by Gasteiger charge is 2.03. The van der Waals surface area contributed by atoms with E-state index in [4.69, 9.17) is 15.6 Å². The van der Waals surface area contributed by atoms with Crippen molar-refractivity contribution in [2.45, 2.75) is 0 Å². The van der Waals surface area contributed by atoms with Crippen LogP contribution in [-0.4, -0.2) is 37.4 Å². The van der Waals surface area contributed by atoms with Crippen molar-refractivity contribution in [3.05, 3.63) is 29.8 Å². The lowest BCUT2D eigenvalue weighted by atomic mass is 10.2. The molecule has 5 nitrogen and oxygen atoms in total. The van der Waals surface area contributed by atoms with Crippen molar-refractivity contribution in [2.24, 2.45) is 0 Å². The zero-order chi connectivity index (χ0) is 11.8. The lowest BCUT2D eigenvalue weighted by molar-refractivity contribution is 0.0838. The van der Waals surface area contributed by atoms with Crippen molar-refractivity contribution < 1.29 is 14.6 Å². The summed E-state index contributed by atoms with van der Waals surface area (Å²) in [5, 5.41) is 11.1. The normalized spacial score (nSPS) is 10.1. The summed E-state index contributed by atoms with van der Waals surface area (Å²) in [6.07, 6.45) is 0. The van der Waals surface area contributed by atoms with Crippen LogP contribution in [0.3, 0.4) is 0 Å². The van der Waals surface area contributed by atoms with E-state index < -0.39 is 0 Å². The van der Waals surface area contributed by atoms with Crippen LogP contribution in [0.2, 0.25) is 0 Å². The van der Waals surface area contributed by atoms with Crippen LogP contribution >= 0.6 is 0 Å². The number of anilines is 1. The van der Waals surface area contributed by atoms with Gasteiger partial charge in [0.25, 0.3) is 5.91 Å². The molecule has 0 aliphatic heterocycles. The first-order valence-corrected chi connectivity index (χ1v) is 5.06. The van der Waals surface area contributed by atoms with E-state index in [9.17, 15) is 4.79 Å². The van der Waals surface area contributed by atoms with Crippen LogP contribution in [0.25, 0.3) is 0 Å². The number of aliphatic hydroxyl groups is 1. The number of carbonyl (C=O) groups is 1. The van der Waals surface area contributed by atoms with Gasteiger partial charge in [0.1, 0.15) is 0 Å². The van der Waals surface area contributed by atoms with Gasteiger partial charge in [-0.1, -0.05) is 6.07 Å². The fraction of sp³-hybridized carbons (Fsp3) is 0.364. The van der Waals surface area contributed by atoms with E-state index in [1.54, 1.807) is 24.3 Å². The largest absolute Gasteiger partial charge is 0.399 e. The zero-order valence-corrected chi connectivity index (χ0v) is 8.98. The van der Waals surface area contributed by atoms with Gasteiger partial charge in [-0.15, -0.1) is 0 Å². The highest BCUT2D eigenvalue weighted by molar-refractivity contribution is 5.94. The third kappa shape index (κ3) is 4.29. The molecule has 16 heavy (non-hydrogen) atoms. The molecule has 0 fully saturated rings. The van der Waals surface area contributed by atoms with E-state index in [1.807, 2.05) is 0 Å². The Bertz CT molecular complexity index is 342. The summed E-state index contributed by atoms with van der Waals surface area (Å²) in [5.41, 5.74) is 6.65. The number of hydrogen-bond donors (Lipinski definition) is 3. The quantitative estimate of drug-likeness (QED) is 0.469. The number of carbonyl (C=O) groups excluding carboxylic acids is 1. The van der Waals surface area contributed by atoms with E-state index >= 15 is 0 Å². The van der Waals surface area contributed by atoms with Crippen LogP contribution in [0.1, 0.15) is 10.4 Å². The van der Waals surface area contributed by atoms with Gasteiger partial charge in [-0.05, 0) is 18.2 Å². The number of rotatable bonds is 6. The van der Waals surface area contributed by atoms with Crippen molar-refractivity contribution >= 4 is 11.6 Å². The van der Waals surface area contributed by atoms with E-state index in [1.165, 1.54) is 0 Å². The van der Waals surface area contributed by atoms with Crippen LogP contribution in [0.4, 0.5) is 5.69 Å². The molecule has 0 saturated heterocycles. The Kier molecular flexibility index (Phi) is 5.31. The molecule has 1 rings (SSSR count). The molecular formula is C11H16N2O3. The second kappa shape index (κ2) is 6.81. The Morgan fingerprint density at radius 1 is 1.44 bits per heavy atom. The van der Waals surface area contributed by atoms with Crippen LogP contribution < -0.4 is 11.1 Å². The summed E-state index contributed by atoms with van der Waals surface area (Å²) in [6.45, 7) is 1.07. The van der Waals surface area contributed by atoms with Gasteiger partial charge in [-0.2, -0.15) is 0 Å². The number of nitrogen functional groups attached to an aromatic ring is 1. The number of hydrogen-bond acceptors (Lipinski definition) is 4. The molecule has 1 aromatic carbocycles. The number of nitrogens with two attached hydrogens (primary N) is 1. The van der Waals surface area contributed by atoms with E-state index in [2.05, 4.69) is 5.32 Å². The van der Waals surface area contributed by atoms with Gasteiger partial charge in [0.05, 0.1) is 19.8 Å². The van der Waals surface area contributed by atoms with Crippen molar-refractivity contribution in [2.75, 3.05) is 32.1 Å². The highest BCUT2D eigenvalue weighted by atomic mass is 16.5. The maximum Gasteiger partial charge on any atom is 0.251 e. The molecule has 88 valence electrons. The van der Waals surface area contributed by atoms with Crippen LogP contribution in [-0.2, 0) is 4.74 Å². The molecule has 0 atom stereocenters. The van der Waals surface area contributed by atoms with Crippen LogP contribution in [0.5, 0.6) is 0 Å². The number of amides is 1. The minimum absolute atomic E-state index is 0.0107. The Morgan fingerprint density at radius 2 is 2.25 bits per heavy atom. The van der Waals surface area contributed by atoms with Crippen molar-refractivity contribution in [1.82, 2.24) is 5.32 Å². The number of aliphatic hydroxyl groups excluding tert-OH is 1. The molecule has 1 aromatic rings. The van der Waals surface area contributed by atoms with E-state index in [-0.39, 0.29) is 19.1 Å². The maximum atomic E-state index is 11.6. The summed E-state index contributed by atoms with van der Waals surface area (Å²) in [4.78, 5) is 11.6. The van der Waals surface area contributed by atoms with Crippen molar-refractivity contribution in [1.29, 1.82) is 0 Å². The smallest absolute Gasteiger partial charge is 0.251 e. The van der Waals surface area contributed by atoms with Gasteiger partial charge in [0.2, 0.25) is 0 Å². The number of ether oxygens (including phenoxy) is 1. The predicted octanol–water partition coefficient (Wildman–Crippen LogP) is 0.00750. The average Bonchev–Trinajstić information content (AvgIpc) is 2.28. The minimum atomic E-state index is -0.181. The number of nitrogens with one attached hydrogen (secondary N) is 1. The van der Waals surface area contributed by atoms with Gasteiger partial charge in [-0.3, -0.25) is 4.79 Å². The Labute approximate surface area is 94.2 Å². The first-order chi connectivity index (χ1) is 7.74. The second-order valence-corrected chi connectivity index (χ2v) is 3.22. The van der Waals surface area contributed by atoms with Gasteiger partial charge in [0.15, 0.2) is 0 Å². The van der Waals surface area contributed by atoms with Gasteiger partial charge >= 0.3 is 0 Å². The van der Waals surface area contributed by atoms with Gasteiger partial charge < -0.3 is 20.9 Å². The first kappa shape index (κ1) is 12.5. The molecule has 4 N–H and O–H groups in total. The molecule has 1 amide bonds. The van der Waals surface area contributed by atoms with E-state index in [0.29, 0.717) is 24.4 Å². The predicted molar refractivity (Wildman–Crippen MR) is 61.1 cm³/mol. The molecule has 0 spiro atoms. The SMILES string of the molecule is Nc1cccc(C(=O)NCCOCCO)c1. The average molecular weight is 224 g/mol. The summed E-state index contributed by atoms with van der Waals surface area (Å²) < 4.78 is 5.00. The molecule has 0 bridgehead atoms. The molecule has 0 aromatic heterocycles. The molecular weight excluding hydrogens is 208 g/mol. The van der Waals surface area contributed by atoms with Gasteiger partial charge in [0, 0.05) is 17.8 Å².